The Bertz CT molecular complexity index is 673. The van der Waals surface area contributed by atoms with Crippen LogP contribution in [0.3, 0.4) is 0 Å². The van der Waals surface area contributed by atoms with Crippen LogP contribution in [-0.4, -0.2) is 37.0 Å². The minimum atomic E-state index is -0.325. The molecule has 2 aromatic carbocycles. The minimum absolute atomic E-state index is 0.00786. The van der Waals surface area contributed by atoms with Crippen molar-refractivity contribution in [2.24, 2.45) is 0 Å². The summed E-state index contributed by atoms with van der Waals surface area (Å²) in [7, 11) is 1.35. The maximum atomic E-state index is 12.9. The normalized spacial score (nSPS) is 10.4. The first-order chi connectivity index (χ1) is 12.7. The summed E-state index contributed by atoms with van der Waals surface area (Å²) < 4.78 is 4.68. The van der Waals surface area contributed by atoms with Gasteiger partial charge in [0.05, 0.1) is 13.5 Å². The lowest BCUT2D eigenvalue weighted by molar-refractivity contribution is -0.141. The highest BCUT2D eigenvalue weighted by atomic mass is 16.5. The molecule has 0 saturated heterocycles. The highest BCUT2D eigenvalue weighted by Gasteiger charge is 2.22. The standard InChI is InChI=1S/C22H25NO3/c1-3-15-23(16-14-22(25)26-2)21(24)17-20(18-10-6-4-7-11-18)19-12-8-5-9-13-19/h3-13,20H,1,14-17H2,2H3. The van der Waals surface area contributed by atoms with E-state index in [0.29, 0.717) is 19.5 Å². The van der Waals surface area contributed by atoms with E-state index in [1.807, 2.05) is 60.7 Å². The topological polar surface area (TPSA) is 46.6 Å². The lowest BCUT2D eigenvalue weighted by Crippen LogP contribution is -2.34. The maximum absolute atomic E-state index is 12.9. The Balaban J connectivity index is 2.18. The van der Waals surface area contributed by atoms with Gasteiger partial charge in [-0.25, -0.2) is 0 Å². The molecule has 2 rings (SSSR count). The molecule has 0 fully saturated rings. The Hall–Kier alpha value is -2.88. The van der Waals surface area contributed by atoms with Gasteiger partial charge in [-0.3, -0.25) is 9.59 Å². The average Bonchev–Trinajstić information content (AvgIpc) is 2.70. The third kappa shape index (κ3) is 5.59. The second kappa shape index (κ2) is 10.2. The van der Waals surface area contributed by atoms with Crippen LogP contribution < -0.4 is 0 Å². The molecule has 4 nitrogen and oxygen atoms in total. The zero-order valence-electron chi connectivity index (χ0n) is 15.1. The quantitative estimate of drug-likeness (QED) is 0.510. The van der Waals surface area contributed by atoms with Crippen LogP contribution in [0.25, 0.3) is 0 Å². The molecular weight excluding hydrogens is 326 g/mol. The maximum Gasteiger partial charge on any atom is 0.307 e. The molecule has 1 amide bonds. The monoisotopic (exact) mass is 351 g/mol. The molecule has 0 unspecified atom stereocenters. The van der Waals surface area contributed by atoms with E-state index >= 15 is 0 Å². The van der Waals surface area contributed by atoms with Crippen molar-refractivity contribution >= 4 is 11.9 Å². The fraction of sp³-hybridized carbons (Fsp3) is 0.273. The van der Waals surface area contributed by atoms with Crippen molar-refractivity contribution in [1.82, 2.24) is 4.90 Å². The zero-order chi connectivity index (χ0) is 18.8. The summed E-state index contributed by atoms with van der Waals surface area (Å²) in [6.45, 7) is 4.45. The summed E-state index contributed by atoms with van der Waals surface area (Å²) in [5.41, 5.74) is 2.19. The van der Waals surface area contributed by atoms with Crippen LogP contribution in [0.5, 0.6) is 0 Å². The molecule has 0 saturated carbocycles. The summed E-state index contributed by atoms with van der Waals surface area (Å²) in [6.07, 6.45) is 2.19. The van der Waals surface area contributed by atoms with Crippen molar-refractivity contribution in [3.8, 4) is 0 Å². The summed E-state index contributed by atoms with van der Waals surface area (Å²) in [4.78, 5) is 26.0. The number of amides is 1. The molecule has 0 radical (unpaired) electrons. The van der Waals surface area contributed by atoms with Crippen LogP contribution in [-0.2, 0) is 14.3 Å². The van der Waals surface area contributed by atoms with Crippen molar-refractivity contribution < 1.29 is 14.3 Å². The van der Waals surface area contributed by atoms with Gasteiger partial charge < -0.3 is 9.64 Å². The number of hydrogen-bond acceptors (Lipinski definition) is 3. The molecule has 0 heterocycles. The molecule has 2 aromatic rings. The smallest absolute Gasteiger partial charge is 0.307 e. The van der Waals surface area contributed by atoms with E-state index in [4.69, 9.17) is 0 Å². The van der Waals surface area contributed by atoms with Gasteiger partial charge in [0, 0.05) is 25.4 Å². The predicted molar refractivity (Wildman–Crippen MR) is 103 cm³/mol. The van der Waals surface area contributed by atoms with E-state index in [-0.39, 0.29) is 24.2 Å². The Morgan fingerprint density at radius 2 is 1.58 bits per heavy atom. The second-order valence-corrected chi connectivity index (χ2v) is 6.03. The molecule has 0 bridgehead atoms. The number of esters is 1. The summed E-state index contributed by atoms with van der Waals surface area (Å²) >= 11 is 0. The van der Waals surface area contributed by atoms with Crippen molar-refractivity contribution in [1.29, 1.82) is 0 Å². The first kappa shape index (κ1) is 19.4. The molecule has 0 spiro atoms. The third-order valence-corrected chi connectivity index (χ3v) is 4.30. The molecule has 0 N–H and O–H groups in total. The van der Waals surface area contributed by atoms with E-state index < -0.39 is 0 Å². The Morgan fingerprint density at radius 1 is 1.04 bits per heavy atom. The number of carbonyl (C=O) groups is 2. The van der Waals surface area contributed by atoms with Crippen molar-refractivity contribution in [3.63, 3.8) is 0 Å². The van der Waals surface area contributed by atoms with Crippen molar-refractivity contribution in [2.75, 3.05) is 20.2 Å². The van der Waals surface area contributed by atoms with Crippen molar-refractivity contribution in [2.45, 2.75) is 18.8 Å². The minimum Gasteiger partial charge on any atom is -0.469 e. The van der Waals surface area contributed by atoms with Crippen LogP contribution in [0, 0.1) is 0 Å². The second-order valence-electron chi connectivity index (χ2n) is 6.03. The van der Waals surface area contributed by atoms with E-state index in [1.165, 1.54) is 7.11 Å². The van der Waals surface area contributed by atoms with Gasteiger partial charge in [0.25, 0.3) is 0 Å². The Morgan fingerprint density at radius 3 is 2.04 bits per heavy atom. The van der Waals surface area contributed by atoms with Crippen LogP contribution in [0.4, 0.5) is 0 Å². The van der Waals surface area contributed by atoms with Crippen molar-refractivity contribution in [3.05, 3.63) is 84.4 Å². The highest BCUT2D eigenvalue weighted by molar-refractivity contribution is 5.79. The van der Waals surface area contributed by atoms with Gasteiger partial charge in [-0.05, 0) is 11.1 Å². The molecule has 0 aliphatic heterocycles. The fourth-order valence-electron chi connectivity index (χ4n) is 2.90. The van der Waals surface area contributed by atoms with E-state index in [2.05, 4.69) is 11.3 Å². The molecule has 136 valence electrons. The number of benzene rings is 2. The first-order valence-electron chi connectivity index (χ1n) is 8.71. The van der Waals surface area contributed by atoms with Crippen LogP contribution in [0.1, 0.15) is 29.9 Å². The number of rotatable bonds is 9. The van der Waals surface area contributed by atoms with Crippen LogP contribution >= 0.6 is 0 Å². The zero-order valence-corrected chi connectivity index (χ0v) is 15.1. The number of carbonyl (C=O) groups excluding carboxylic acids is 2. The lowest BCUT2D eigenvalue weighted by Gasteiger charge is -2.24. The van der Waals surface area contributed by atoms with Gasteiger partial charge in [-0.2, -0.15) is 0 Å². The highest BCUT2D eigenvalue weighted by Crippen LogP contribution is 2.28. The summed E-state index contributed by atoms with van der Waals surface area (Å²) in [6, 6.07) is 20.0. The number of nitrogens with zero attached hydrogens (tertiary/aromatic N) is 1. The van der Waals surface area contributed by atoms with E-state index in [1.54, 1.807) is 11.0 Å². The third-order valence-electron chi connectivity index (χ3n) is 4.30. The first-order valence-corrected chi connectivity index (χ1v) is 8.71. The predicted octanol–water partition coefficient (Wildman–Crippen LogP) is 3.79. The largest absolute Gasteiger partial charge is 0.469 e. The number of hydrogen-bond donors (Lipinski definition) is 0. The number of ether oxygens (including phenoxy) is 1. The average molecular weight is 351 g/mol. The SMILES string of the molecule is C=CCN(CCC(=O)OC)C(=O)CC(c1ccccc1)c1ccccc1. The van der Waals surface area contributed by atoms with Crippen LogP contribution in [0.15, 0.2) is 73.3 Å². The molecule has 0 atom stereocenters. The number of methoxy groups -OCH3 is 1. The Labute approximate surface area is 155 Å². The van der Waals surface area contributed by atoms with E-state index in [9.17, 15) is 9.59 Å². The Kier molecular flexibility index (Phi) is 7.62. The van der Waals surface area contributed by atoms with Crippen LogP contribution in [0.2, 0.25) is 0 Å². The van der Waals surface area contributed by atoms with Gasteiger partial charge in [-0.15, -0.1) is 6.58 Å². The molecule has 26 heavy (non-hydrogen) atoms. The van der Waals surface area contributed by atoms with Gasteiger partial charge in [0.2, 0.25) is 5.91 Å². The molecule has 0 aliphatic carbocycles. The fourth-order valence-corrected chi connectivity index (χ4v) is 2.90. The summed E-state index contributed by atoms with van der Waals surface area (Å²) in [5.74, 6) is -0.364. The van der Waals surface area contributed by atoms with Gasteiger partial charge >= 0.3 is 5.97 Å². The lowest BCUT2D eigenvalue weighted by atomic mass is 9.88. The van der Waals surface area contributed by atoms with Gasteiger partial charge in [-0.1, -0.05) is 66.7 Å². The molecular formula is C22H25NO3. The molecule has 0 aromatic heterocycles. The van der Waals surface area contributed by atoms with Gasteiger partial charge in [0.1, 0.15) is 0 Å². The molecule has 0 aliphatic rings. The summed E-state index contributed by atoms with van der Waals surface area (Å²) in [5, 5.41) is 0. The van der Waals surface area contributed by atoms with Gasteiger partial charge in [0.15, 0.2) is 0 Å². The van der Waals surface area contributed by atoms with E-state index in [0.717, 1.165) is 11.1 Å². The molecule has 4 heteroatoms.